The number of carbonyl (C=O) groups is 1. The molecule has 5 nitrogen and oxygen atoms in total. The summed E-state index contributed by atoms with van der Waals surface area (Å²) in [6, 6.07) is 6.02. The highest BCUT2D eigenvalue weighted by atomic mass is 16.7. The van der Waals surface area contributed by atoms with E-state index in [4.69, 9.17) is 15.3 Å². The minimum Gasteiger partial charge on any atom is -0.492 e. The van der Waals surface area contributed by atoms with Crippen LogP contribution in [0.1, 0.15) is 52.0 Å². The fourth-order valence-corrected chi connectivity index (χ4v) is 2.62. The molecule has 2 N–H and O–H groups in total. The predicted molar refractivity (Wildman–Crippen MR) is 91.1 cm³/mol. The van der Waals surface area contributed by atoms with Crippen molar-refractivity contribution in [3.8, 4) is 5.75 Å². The van der Waals surface area contributed by atoms with Gasteiger partial charge in [-0.1, -0.05) is 6.07 Å². The number of carbonyl (C=O) groups excluding carboxylic acids is 1. The number of nitrogen functional groups attached to an aromatic ring is 1. The molecular weight excluding hydrogens is 292 g/mol. The second-order valence-corrected chi connectivity index (χ2v) is 7.06. The van der Waals surface area contributed by atoms with Crippen LogP contribution < -0.4 is 10.5 Å². The van der Waals surface area contributed by atoms with Crippen molar-refractivity contribution in [3.05, 3.63) is 23.8 Å². The van der Waals surface area contributed by atoms with E-state index in [1.54, 1.807) is 5.06 Å². The van der Waals surface area contributed by atoms with Gasteiger partial charge in [0, 0.05) is 13.1 Å². The maximum atomic E-state index is 11.9. The van der Waals surface area contributed by atoms with Gasteiger partial charge in [0.05, 0.1) is 17.7 Å². The van der Waals surface area contributed by atoms with Crippen molar-refractivity contribution in [1.82, 2.24) is 5.06 Å². The standard InChI is InChI=1S/C18H28N2O3/c1-5-22-16-12-14(6-7-15(16)19)13-8-10-20(11-9-13)23-17(21)18(2,3)4/h6-7,12-13H,5,8-11,19H2,1-4H3. The zero-order valence-electron chi connectivity index (χ0n) is 14.6. The van der Waals surface area contributed by atoms with Gasteiger partial charge in [0.25, 0.3) is 0 Å². The number of rotatable bonds is 4. The molecule has 1 aromatic rings. The summed E-state index contributed by atoms with van der Waals surface area (Å²) in [5, 5.41) is 1.78. The molecular formula is C18H28N2O3. The van der Waals surface area contributed by atoms with E-state index in [9.17, 15) is 4.79 Å². The molecule has 2 rings (SSSR count). The first-order chi connectivity index (χ1) is 10.8. The van der Waals surface area contributed by atoms with Crippen molar-refractivity contribution in [3.63, 3.8) is 0 Å². The lowest BCUT2D eigenvalue weighted by atomic mass is 9.90. The summed E-state index contributed by atoms with van der Waals surface area (Å²) in [7, 11) is 0. The Bertz CT molecular complexity index is 544. The molecule has 1 aliphatic heterocycles. The van der Waals surface area contributed by atoms with Crippen LogP contribution in [-0.2, 0) is 9.63 Å². The number of piperidine rings is 1. The summed E-state index contributed by atoms with van der Waals surface area (Å²) in [5.41, 5.74) is 7.37. The lowest BCUT2D eigenvalue weighted by Crippen LogP contribution is -2.38. The zero-order chi connectivity index (χ0) is 17.0. The maximum Gasteiger partial charge on any atom is 0.330 e. The van der Waals surface area contributed by atoms with E-state index >= 15 is 0 Å². The maximum absolute atomic E-state index is 11.9. The molecule has 0 bridgehead atoms. The van der Waals surface area contributed by atoms with Crippen LogP contribution in [0.2, 0.25) is 0 Å². The van der Waals surface area contributed by atoms with Crippen molar-refractivity contribution in [2.75, 3.05) is 25.4 Å². The predicted octanol–water partition coefficient (Wildman–Crippen LogP) is 3.35. The Labute approximate surface area is 138 Å². The van der Waals surface area contributed by atoms with Crippen LogP contribution in [0.15, 0.2) is 18.2 Å². The van der Waals surface area contributed by atoms with Crippen LogP contribution in [0.5, 0.6) is 5.75 Å². The number of nitrogens with zero attached hydrogens (tertiary/aromatic N) is 1. The Kier molecular flexibility index (Phi) is 5.52. The minimum absolute atomic E-state index is 0.179. The van der Waals surface area contributed by atoms with Gasteiger partial charge in [0.15, 0.2) is 0 Å². The van der Waals surface area contributed by atoms with Crippen molar-refractivity contribution < 1.29 is 14.4 Å². The van der Waals surface area contributed by atoms with Gasteiger partial charge in [-0.05, 0) is 64.2 Å². The Morgan fingerprint density at radius 2 is 1.96 bits per heavy atom. The summed E-state index contributed by atoms with van der Waals surface area (Å²) in [4.78, 5) is 17.4. The topological polar surface area (TPSA) is 64.8 Å². The average Bonchev–Trinajstić information content (AvgIpc) is 2.49. The normalized spacial score (nSPS) is 17.0. The van der Waals surface area contributed by atoms with Gasteiger partial charge in [-0.25, -0.2) is 4.79 Å². The largest absolute Gasteiger partial charge is 0.492 e. The summed E-state index contributed by atoms with van der Waals surface area (Å²) >= 11 is 0. The molecule has 1 fully saturated rings. The van der Waals surface area contributed by atoms with Crippen LogP contribution in [0.25, 0.3) is 0 Å². The van der Waals surface area contributed by atoms with Gasteiger partial charge in [0.1, 0.15) is 5.75 Å². The van der Waals surface area contributed by atoms with Crippen LogP contribution in [0.3, 0.4) is 0 Å². The fourth-order valence-electron chi connectivity index (χ4n) is 2.62. The summed E-state index contributed by atoms with van der Waals surface area (Å²) in [6.45, 7) is 9.66. The van der Waals surface area contributed by atoms with Crippen molar-refractivity contribution in [2.45, 2.75) is 46.5 Å². The van der Waals surface area contributed by atoms with E-state index < -0.39 is 5.41 Å². The summed E-state index contributed by atoms with van der Waals surface area (Å²) in [5.74, 6) is 1.02. The van der Waals surface area contributed by atoms with Crippen molar-refractivity contribution in [1.29, 1.82) is 0 Å². The molecule has 1 saturated heterocycles. The highest BCUT2D eigenvalue weighted by Crippen LogP contribution is 2.33. The average molecular weight is 320 g/mol. The smallest absolute Gasteiger partial charge is 0.330 e. The Balaban J connectivity index is 1.94. The SMILES string of the molecule is CCOc1cc(C2CCN(OC(=O)C(C)(C)C)CC2)ccc1N. The number of anilines is 1. The molecule has 23 heavy (non-hydrogen) atoms. The summed E-state index contributed by atoms with van der Waals surface area (Å²) in [6.07, 6.45) is 1.90. The fraction of sp³-hybridized carbons (Fsp3) is 0.611. The lowest BCUT2D eigenvalue weighted by molar-refractivity contribution is -0.204. The van der Waals surface area contributed by atoms with Gasteiger partial charge < -0.3 is 15.3 Å². The number of nitrogens with two attached hydrogens (primary N) is 1. The molecule has 0 aromatic heterocycles. The molecule has 0 spiro atoms. The Hall–Kier alpha value is -1.75. The second kappa shape index (κ2) is 7.21. The number of hydrogen-bond donors (Lipinski definition) is 1. The molecule has 5 heteroatoms. The van der Waals surface area contributed by atoms with Gasteiger partial charge >= 0.3 is 5.97 Å². The summed E-state index contributed by atoms with van der Waals surface area (Å²) < 4.78 is 5.57. The lowest BCUT2D eigenvalue weighted by Gasteiger charge is -2.32. The second-order valence-electron chi connectivity index (χ2n) is 7.06. The van der Waals surface area contributed by atoms with E-state index in [1.807, 2.05) is 39.8 Å². The van der Waals surface area contributed by atoms with Crippen molar-refractivity contribution >= 4 is 11.7 Å². The third kappa shape index (κ3) is 4.61. The Morgan fingerprint density at radius 1 is 1.30 bits per heavy atom. The molecule has 0 saturated carbocycles. The highest BCUT2D eigenvalue weighted by Gasteiger charge is 2.28. The third-order valence-electron chi connectivity index (χ3n) is 4.09. The number of ether oxygens (including phenoxy) is 1. The van der Waals surface area contributed by atoms with E-state index in [2.05, 4.69) is 6.07 Å². The monoisotopic (exact) mass is 320 g/mol. The minimum atomic E-state index is -0.472. The molecule has 1 aromatic carbocycles. The molecule has 0 amide bonds. The molecule has 128 valence electrons. The number of hydroxylamine groups is 2. The first kappa shape index (κ1) is 17.6. The molecule has 1 aliphatic rings. The number of hydrogen-bond acceptors (Lipinski definition) is 5. The van der Waals surface area contributed by atoms with Gasteiger partial charge in [-0.2, -0.15) is 0 Å². The number of benzene rings is 1. The van der Waals surface area contributed by atoms with Gasteiger partial charge in [-0.15, -0.1) is 5.06 Å². The molecule has 0 aliphatic carbocycles. The first-order valence-corrected chi connectivity index (χ1v) is 8.31. The van der Waals surface area contributed by atoms with Gasteiger partial charge in [-0.3, -0.25) is 0 Å². The van der Waals surface area contributed by atoms with E-state index in [0.29, 0.717) is 18.2 Å². The highest BCUT2D eigenvalue weighted by molar-refractivity contribution is 5.75. The van der Waals surface area contributed by atoms with Gasteiger partial charge in [0.2, 0.25) is 0 Å². The third-order valence-corrected chi connectivity index (χ3v) is 4.09. The quantitative estimate of drug-likeness (QED) is 0.862. The molecule has 0 radical (unpaired) electrons. The van der Waals surface area contributed by atoms with Crippen LogP contribution in [-0.4, -0.2) is 30.7 Å². The van der Waals surface area contributed by atoms with E-state index in [1.165, 1.54) is 5.56 Å². The van der Waals surface area contributed by atoms with Crippen LogP contribution >= 0.6 is 0 Å². The molecule has 0 unspecified atom stereocenters. The molecule has 0 atom stereocenters. The van der Waals surface area contributed by atoms with Crippen LogP contribution in [0, 0.1) is 5.41 Å². The Morgan fingerprint density at radius 3 is 2.52 bits per heavy atom. The zero-order valence-corrected chi connectivity index (χ0v) is 14.6. The molecule has 1 heterocycles. The van der Waals surface area contributed by atoms with E-state index in [-0.39, 0.29) is 5.97 Å². The van der Waals surface area contributed by atoms with E-state index in [0.717, 1.165) is 31.7 Å². The van der Waals surface area contributed by atoms with Crippen molar-refractivity contribution in [2.24, 2.45) is 5.41 Å². The van der Waals surface area contributed by atoms with Crippen LogP contribution in [0.4, 0.5) is 5.69 Å². The first-order valence-electron chi connectivity index (χ1n) is 8.31.